The summed E-state index contributed by atoms with van der Waals surface area (Å²) in [7, 11) is 0. The summed E-state index contributed by atoms with van der Waals surface area (Å²) in [6.45, 7) is 2.73. The van der Waals surface area contributed by atoms with Crippen LogP contribution in [0.25, 0.3) is 11.0 Å². The molecule has 1 saturated heterocycles. The monoisotopic (exact) mass is 488 g/mol. The SMILES string of the molecule is O=C(O)N1CC[C@H](n2c(=O)[nH]c3ccccc32)C[C@@H]1CCCN(Cc1ccccc1)Cc1ccco1. The minimum Gasteiger partial charge on any atom is -0.468 e. The zero-order chi connectivity index (χ0) is 24.9. The third kappa shape index (κ3) is 5.39. The number of piperidine rings is 1. The van der Waals surface area contributed by atoms with Crippen LogP contribution < -0.4 is 5.69 Å². The number of benzene rings is 2. The molecule has 2 aromatic carbocycles. The largest absolute Gasteiger partial charge is 0.468 e. The lowest BCUT2D eigenvalue weighted by molar-refractivity contribution is 0.0852. The first-order valence-corrected chi connectivity index (χ1v) is 12.6. The van der Waals surface area contributed by atoms with E-state index in [1.54, 1.807) is 11.2 Å². The second-order valence-corrected chi connectivity index (χ2v) is 9.54. The number of fused-ring (bicyclic) bond motifs is 1. The Balaban J connectivity index is 1.28. The fourth-order valence-corrected chi connectivity index (χ4v) is 5.46. The number of aromatic nitrogens is 2. The molecule has 1 amide bonds. The topological polar surface area (TPSA) is 94.7 Å². The maximum absolute atomic E-state index is 12.8. The average Bonchev–Trinajstić information content (AvgIpc) is 3.51. The third-order valence-corrected chi connectivity index (χ3v) is 7.14. The van der Waals surface area contributed by atoms with Crippen molar-refractivity contribution in [2.75, 3.05) is 13.1 Å². The van der Waals surface area contributed by atoms with Crippen molar-refractivity contribution in [3.05, 3.63) is 94.8 Å². The Morgan fingerprint density at radius 1 is 1.06 bits per heavy atom. The molecule has 0 spiro atoms. The van der Waals surface area contributed by atoms with E-state index in [0.29, 0.717) is 25.9 Å². The number of imidazole rings is 1. The molecule has 4 aromatic rings. The Hall–Kier alpha value is -3.78. The van der Waals surface area contributed by atoms with Crippen LogP contribution in [0.1, 0.15) is 43.0 Å². The fraction of sp³-hybridized carbons (Fsp3) is 0.357. The zero-order valence-corrected chi connectivity index (χ0v) is 20.3. The number of carbonyl (C=O) groups is 1. The number of para-hydroxylation sites is 2. The number of carboxylic acid groups (broad SMARTS) is 1. The summed E-state index contributed by atoms with van der Waals surface area (Å²) in [5, 5.41) is 9.85. The van der Waals surface area contributed by atoms with Crippen LogP contribution in [0.4, 0.5) is 4.79 Å². The van der Waals surface area contributed by atoms with Crippen LogP contribution in [0.15, 0.2) is 82.2 Å². The standard InChI is InChI=1S/C28H32N4O4/c33-27-29-25-12-4-5-13-26(25)32(27)23-14-16-31(28(34)35)22(18-23)10-6-15-30(20-24-11-7-17-36-24)19-21-8-2-1-3-9-21/h1-5,7-9,11-13,17,22-23H,6,10,14-16,18-20H2,(H,29,33)(H,34,35)/t22-,23-/m0/s1. The lowest BCUT2D eigenvalue weighted by atomic mass is 9.93. The molecule has 1 aliphatic heterocycles. The van der Waals surface area contributed by atoms with Crippen molar-refractivity contribution in [3.63, 3.8) is 0 Å². The first kappa shape index (κ1) is 23.9. The minimum absolute atomic E-state index is 0.0298. The van der Waals surface area contributed by atoms with E-state index in [1.807, 2.05) is 59.2 Å². The van der Waals surface area contributed by atoms with Gasteiger partial charge in [0.25, 0.3) is 0 Å². The second kappa shape index (κ2) is 10.9. The fourth-order valence-electron chi connectivity index (χ4n) is 5.46. The van der Waals surface area contributed by atoms with Gasteiger partial charge in [0.05, 0.1) is 23.8 Å². The van der Waals surface area contributed by atoms with Crippen LogP contribution in [-0.4, -0.2) is 49.7 Å². The first-order valence-electron chi connectivity index (χ1n) is 12.6. The number of rotatable bonds is 9. The maximum atomic E-state index is 12.8. The molecular weight excluding hydrogens is 456 g/mol. The van der Waals surface area contributed by atoms with Gasteiger partial charge in [-0.2, -0.15) is 0 Å². The highest BCUT2D eigenvalue weighted by Crippen LogP contribution is 2.31. The molecule has 2 N–H and O–H groups in total. The molecule has 0 aliphatic carbocycles. The lowest BCUT2D eigenvalue weighted by Crippen LogP contribution is -2.47. The van der Waals surface area contributed by atoms with Gasteiger partial charge in [0, 0.05) is 25.2 Å². The van der Waals surface area contributed by atoms with Crippen LogP contribution in [0, 0.1) is 0 Å². The van der Waals surface area contributed by atoms with Gasteiger partial charge in [0.1, 0.15) is 5.76 Å². The molecule has 3 heterocycles. The van der Waals surface area contributed by atoms with Crippen molar-refractivity contribution < 1.29 is 14.3 Å². The molecule has 36 heavy (non-hydrogen) atoms. The Morgan fingerprint density at radius 3 is 2.64 bits per heavy atom. The number of hydrogen-bond acceptors (Lipinski definition) is 4. The van der Waals surface area contributed by atoms with Crippen molar-refractivity contribution in [2.24, 2.45) is 0 Å². The van der Waals surface area contributed by atoms with Gasteiger partial charge in [-0.1, -0.05) is 42.5 Å². The highest BCUT2D eigenvalue weighted by atomic mass is 16.4. The van der Waals surface area contributed by atoms with E-state index in [0.717, 1.165) is 42.7 Å². The first-order chi connectivity index (χ1) is 17.6. The molecule has 188 valence electrons. The van der Waals surface area contributed by atoms with E-state index in [1.165, 1.54) is 5.56 Å². The molecule has 5 rings (SSSR count). The summed E-state index contributed by atoms with van der Waals surface area (Å²) in [5.74, 6) is 0.912. The summed E-state index contributed by atoms with van der Waals surface area (Å²) >= 11 is 0. The van der Waals surface area contributed by atoms with Gasteiger partial charge in [0.2, 0.25) is 0 Å². The number of amides is 1. The average molecular weight is 489 g/mol. The van der Waals surface area contributed by atoms with E-state index in [9.17, 15) is 14.7 Å². The van der Waals surface area contributed by atoms with Gasteiger partial charge in [-0.25, -0.2) is 9.59 Å². The number of aromatic amines is 1. The third-order valence-electron chi connectivity index (χ3n) is 7.14. The quantitative estimate of drug-likeness (QED) is 0.342. The number of furan rings is 1. The predicted molar refractivity (Wildman–Crippen MR) is 138 cm³/mol. The van der Waals surface area contributed by atoms with Gasteiger partial charge in [0.15, 0.2) is 0 Å². The van der Waals surface area contributed by atoms with Crippen LogP contribution in [0.2, 0.25) is 0 Å². The van der Waals surface area contributed by atoms with Crippen molar-refractivity contribution in [1.82, 2.24) is 19.4 Å². The van der Waals surface area contributed by atoms with Gasteiger partial charge >= 0.3 is 11.8 Å². The van der Waals surface area contributed by atoms with E-state index < -0.39 is 6.09 Å². The van der Waals surface area contributed by atoms with Gasteiger partial charge < -0.3 is 19.4 Å². The van der Waals surface area contributed by atoms with Crippen LogP contribution in [0.5, 0.6) is 0 Å². The molecule has 1 aliphatic rings. The molecule has 0 unspecified atom stereocenters. The van der Waals surface area contributed by atoms with Gasteiger partial charge in [-0.3, -0.25) is 9.47 Å². The number of nitrogens with zero attached hydrogens (tertiary/aromatic N) is 3. The van der Waals surface area contributed by atoms with Crippen molar-refractivity contribution in [1.29, 1.82) is 0 Å². The number of H-pyrrole nitrogens is 1. The van der Waals surface area contributed by atoms with Gasteiger partial charge in [-0.15, -0.1) is 0 Å². The number of nitrogens with one attached hydrogen (secondary N) is 1. The number of likely N-dealkylation sites (tertiary alicyclic amines) is 1. The number of hydrogen-bond donors (Lipinski definition) is 2. The minimum atomic E-state index is -0.888. The van der Waals surface area contributed by atoms with E-state index in [2.05, 4.69) is 22.0 Å². The molecule has 8 heteroatoms. The Morgan fingerprint density at radius 2 is 1.86 bits per heavy atom. The summed E-state index contributed by atoms with van der Waals surface area (Å²) in [4.78, 5) is 31.6. The van der Waals surface area contributed by atoms with Crippen molar-refractivity contribution >= 4 is 17.1 Å². The molecule has 0 radical (unpaired) electrons. The van der Waals surface area contributed by atoms with Gasteiger partial charge in [-0.05, 0) is 62.1 Å². The summed E-state index contributed by atoms with van der Waals surface area (Å²) < 4.78 is 7.40. The van der Waals surface area contributed by atoms with Crippen molar-refractivity contribution in [2.45, 2.75) is 50.9 Å². The smallest absolute Gasteiger partial charge is 0.407 e. The lowest BCUT2D eigenvalue weighted by Gasteiger charge is -2.38. The normalized spacial score (nSPS) is 18.2. The molecule has 0 saturated carbocycles. The van der Waals surface area contributed by atoms with Crippen LogP contribution in [0.3, 0.4) is 0 Å². The molecule has 2 atom stereocenters. The van der Waals surface area contributed by atoms with E-state index >= 15 is 0 Å². The summed E-state index contributed by atoms with van der Waals surface area (Å²) in [6.07, 6.45) is 3.64. The molecule has 0 bridgehead atoms. The van der Waals surface area contributed by atoms with Crippen LogP contribution >= 0.6 is 0 Å². The summed E-state index contributed by atoms with van der Waals surface area (Å²) in [5.41, 5.74) is 2.79. The highest BCUT2D eigenvalue weighted by molar-refractivity contribution is 5.75. The Kier molecular flexibility index (Phi) is 7.23. The summed E-state index contributed by atoms with van der Waals surface area (Å²) in [6, 6.07) is 21.7. The predicted octanol–water partition coefficient (Wildman–Crippen LogP) is 5.09. The molecule has 1 fully saturated rings. The molecule has 8 nitrogen and oxygen atoms in total. The van der Waals surface area contributed by atoms with Crippen LogP contribution in [-0.2, 0) is 13.1 Å². The second-order valence-electron chi connectivity index (χ2n) is 9.54. The maximum Gasteiger partial charge on any atom is 0.407 e. The zero-order valence-electron chi connectivity index (χ0n) is 20.3. The van der Waals surface area contributed by atoms with Crippen molar-refractivity contribution in [3.8, 4) is 0 Å². The van der Waals surface area contributed by atoms with E-state index in [-0.39, 0.29) is 17.8 Å². The Labute approximate surface area is 209 Å². The van der Waals surface area contributed by atoms with E-state index in [4.69, 9.17) is 4.42 Å². The molecule has 2 aromatic heterocycles. The Bertz CT molecular complexity index is 1330. The molecular formula is C28H32N4O4. The highest BCUT2D eigenvalue weighted by Gasteiger charge is 2.33.